The standard InChI is InChI=1S/C20H26O5/c1-6-12(3)19(22)24-16-9-11(2)7-8-15(21)13(4)10-17-18(16)14(5)20(23)25-17/h6,9-10,15-18,21H,5,7-8H2,1-4H3. The van der Waals surface area contributed by atoms with E-state index in [0.29, 0.717) is 18.4 Å². The molecule has 0 aromatic carbocycles. The highest BCUT2D eigenvalue weighted by molar-refractivity contribution is 5.92. The molecule has 0 aromatic heterocycles. The molecular weight excluding hydrogens is 320 g/mol. The molecule has 1 heterocycles. The molecule has 5 heteroatoms. The molecule has 1 saturated heterocycles. The highest BCUT2D eigenvalue weighted by atomic mass is 16.6. The Bertz CT molecular complexity index is 668. The van der Waals surface area contributed by atoms with Crippen LogP contribution in [0.25, 0.3) is 0 Å². The van der Waals surface area contributed by atoms with Gasteiger partial charge in [0.1, 0.15) is 12.2 Å². The van der Waals surface area contributed by atoms with Crippen molar-refractivity contribution in [3.8, 4) is 0 Å². The van der Waals surface area contributed by atoms with Crippen LogP contribution in [0, 0.1) is 5.92 Å². The molecule has 1 fully saturated rings. The van der Waals surface area contributed by atoms with E-state index in [1.54, 1.807) is 26.0 Å². The van der Waals surface area contributed by atoms with Gasteiger partial charge in [-0.25, -0.2) is 9.59 Å². The van der Waals surface area contributed by atoms with E-state index in [2.05, 4.69) is 6.58 Å². The van der Waals surface area contributed by atoms with Crippen molar-refractivity contribution in [3.63, 3.8) is 0 Å². The molecule has 2 aliphatic rings. The predicted octanol–water partition coefficient (Wildman–Crippen LogP) is 3.01. The van der Waals surface area contributed by atoms with E-state index in [0.717, 1.165) is 11.1 Å². The summed E-state index contributed by atoms with van der Waals surface area (Å²) < 4.78 is 11.1. The normalized spacial score (nSPS) is 30.8. The number of fused-ring (bicyclic) bond motifs is 1. The number of rotatable bonds is 2. The van der Waals surface area contributed by atoms with Gasteiger partial charge in [-0.1, -0.05) is 18.2 Å². The minimum absolute atomic E-state index is 0.282. The summed E-state index contributed by atoms with van der Waals surface area (Å²) in [6.45, 7) is 11.0. The van der Waals surface area contributed by atoms with E-state index in [9.17, 15) is 14.7 Å². The molecule has 0 radical (unpaired) electrons. The van der Waals surface area contributed by atoms with Crippen molar-refractivity contribution in [1.29, 1.82) is 0 Å². The lowest BCUT2D eigenvalue weighted by Crippen LogP contribution is -2.32. The number of carbonyl (C=O) groups excluding carboxylic acids is 2. The molecule has 25 heavy (non-hydrogen) atoms. The number of hydrogen-bond donors (Lipinski definition) is 1. The van der Waals surface area contributed by atoms with Crippen LogP contribution in [-0.4, -0.2) is 35.4 Å². The summed E-state index contributed by atoms with van der Waals surface area (Å²) in [4.78, 5) is 24.3. The maximum atomic E-state index is 12.3. The fourth-order valence-corrected chi connectivity index (χ4v) is 3.00. The summed E-state index contributed by atoms with van der Waals surface area (Å²) in [5.41, 5.74) is 2.50. The van der Waals surface area contributed by atoms with Gasteiger partial charge < -0.3 is 14.6 Å². The SMILES string of the molecule is C=C1C(=O)OC2C=C(C)C(O)CCC(C)=CC(OC(=O)C(C)=CC)C12. The van der Waals surface area contributed by atoms with E-state index in [-0.39, 0.29) is 5.57 Å². The molecule has 0 saturated carbocycles. The Labute approximate surface area is 148 Å². The quantitative estimate of drug-likeness (QED) is 0.473. The molecule has 136 valence electrons. The summed E-state index contributed by atoms with van der Waals surface area (Å²) in [7, 11) is 0. The summed E-state index contributed by atoms with van der Waals surface area (Å²) in [5.74, 6) is -1.43. The molecule has 4 atom stereocenters. The third-order valence-electron chi connectivity index (χ3n) is 4.83. The summed E-state index contributed by atoms with van der Waals surface area (Å²) in [5, 5.41) is 10.2. The monoisotopic (exact) mass is 346 g/mol. The van der Waals surface area contributed by atoms with Crippen molar-refractivity contribution in [1.82, 2.24) is 0 Å². The van der Waals surface area contributed by atoms with Crippen molar-refractivity contribution in [3.05, 3.63) is 47.1 Å². The Hall–Kier alpha value is -2.14. The number of esters is 2. The molecule has 1 N–H and O–H groups in total. The van der Waals surface area contributed by atoms with E-state index in [4.69, 9.17) is 9.47 Å². The van der Waals surface area contributed by atoms with Gasteiger partial charge >= 0.3 is 11.9 Å². The van der Waals surface area contributed by atoms with Crippen LogP contribution in [0.3, 0.4) is 0 Å². The fraction of sp³-hybridized carbons (Fsp3) is 0.500. The zero-order chi connectivity index (χ0) is 18.7. The van der Waals surface area contributed by atoms with Gasteiger partial charge in [0.05, 0.1) is 12.0 Å². The average molecular weight is 346 g/mol. The van der Waals surface area contributed by atoms with Crippen molar-refractivity contribution >= 4 is 11.9 Å². The summed E-state index contributed by atoms with van der Waals surface area (Å²) >= 11 is 0. The second kappa shape index (κ2) is 7.83. The molecule has 2 rings (SSSR count). The Kier molecular flexibility index (Phi) is 6.01. The number of aliphatic hydroxyl groups excluding tert-OH is 1. The minimum Gasteiger partial charge on any atom is -0.454 e. The fourth-order valence-electron chi connectivity index (χ4n) is 3.00. The number of ether oxygens (including phenoxy) is 2. The first-order valence-electron chi connectivity index (χ1n) is 8.52. The zero-order valence-corrected chi connectivity index (χ0v) is 15.2. The maximum absolute atomic E-state index is 12.3. The minimum atomic E-state index is -0.648. The molecule has 1 aliphatic carbocycles. The van der Waals surface area contributed by atoms with Crippen molar-refractivity contribution in [2.75, 3.05) is 0 Å². The lowest BCUT2D eigenvalue weighted by molar-refractivity contribution is -0.144. The van der Waals surface area contributed by atoms with Gasteiger partial charge in [-0.3, -0.25) is 0 Å². The lowest BCUT2D eigenvalue weighted by Gasteiger charge is -2.26. The van der Waals surface area contributed by atoms with Crippen molar-refractivity contribution in [2.45, 2.75) is 58.8 Å². The molecule has 1 aliphatic heterocycles. The summed E-state index contributed by atoms with van der Waals surface area (Å²) in [6.07, 6.45) is 4.64. The number of allylic oxidation sites excluding steroid dienone is 2. The first-order valence-corrected chi connectivity index (χ1v) is 8.52. The molecule has 0 aromatic rings. The van der Waals surface area contributed by atoms with Crippen molar-refractivity contribution < 1.29 is 24.2 Å². The lowest BCUT2D eigenvalue weighted by atomic mass is 9.86. The van der Waals surface area contributed by atoms with E-state index in [1.807, 2.05) is 19.9 Å². The van der Waals surface area contributed by atoms with Crippen LogP contribution in [0.4, 0.5) is 0 Å². The number of carbonyl (C=O) groups is 2. The first-order chi connectivity index (χ1) is 11.7. The van der Waals surface area contributed by atoms with Gasteiger partial charge in [0, 0.05) is 11.1 Å². The van der Waals surface area contributed by atoms with Gasteiger partial charge in [0.25, 0.3) is 0 Å². The average Bonchev–Trinajstić information content (AvgIpc) is 2.84. The van der Waals surface area contributed by atoms with E-state index < -0.39 is 36.2 Å². The Morgan fingerprint density at radius 1 is 1.40 bits per heavy atom. The predicted molar refractivity (Wildman–Crippen MR) is 94.6 cm³/mol. The van der Waals surface area contributed by atoms with Crippen LogP contribution < -0.4 is 0 Å². The second-order valence-corrected chi connectivity index (χ2v) is 6.74. The second-order valence-electron chi connectivity index (χ2n) is 6.74. The van der Waals surface area contributed by atoms with Crippen LogP contribution in [0.15, 0.2) is 47.1 Å². The third-order valence-corrected chi connectivity index (χ3v) is 4.83. The number of aliphatic hydroxyl groups is 1. The van der Waals surface area contributed by atoms with Crippen molar-refractivity contribution in [2.24, 2.45) is 5.92 Å². The molecule has 5 nitrogen and oxygen atoms in total. The molecule has 0 spiro atoms. The molecule has 0 amide bonds. The van der Waals surface area contributed by atoms with E-state index in [1.165, 1.54) is 0 Å². The first kappa shape index (κ1) is 19.2. The maximum Gasteiger partial charge on any atom is 0.334 e. The molecule has 0 bridgehead atoms. The van der Waals surface area contributed by atoms with Gasteiger partial charge in [-0.2, -0.15) is 0 Å². The zero-order valence-electron chi connectivity index (χ0n) is 15.2. The highest BCUT2D eigenvalue weighted by Crippen LogP contribution is 2.35. The van der Waals surface area contributed by atoms with Crippen LogP contribution in [-0.2, 0) is 19.1 Å². The van der Waals surface area contributed by atoms with Crippen LogP contribution in [0.5, 0.6) is 0 Å². The summed E-state index contributed by atoms with van der Waals surface area (Å²) in [6, 6.07) is 0. The number of hydrogen-bond acceptors (Lipinski definition) is 5. The molecular formula is C20H26O5. The molecule has 4 unspecified atom stereocenters. The Morgan fingerprint density at radius 3 is 2.72 bits per heavy atom. The Balaban J connectivity index is 2.44. The highest BCUT2D eigenvalue weighted by Gasteiger charge is 2.44. The largest absolute Gasteiger partial charge is 0.454 e. The third kappa shape index (κ3) is 4.28. The van der Waals surface area contributed by atoms with Gasteiger partial charge in [-0.15, -0.1) is 0 Å². The Morgan fingerprint density at radius 2 is 2.08 bits per heavy atom. The van der Waals surface area contributed by atoms with E-state index >= 15 is 0 Å². The van der Waals surface area contributed by atoms with Gasteiger partial charge in [0.15, 0.2) is 0 Å². The van der Waals surface area contributed by atoms with Gasteiger partial charge in [0.2, 0.25) is 0 Å². The van der Waals surface area contributed by atoms with Crippen LogP contribution in [0.1, 0.15) is 40.5 Å². The topological polar surface area (TPSA) is 72.8 Å². The van der Waals surface area contributed by atoms with Crippen LogP contribution >= 0.6 is 0 Å². The van der Waals surface area contributed by atoms with Gasteiger partial charge in [-0.05, 0) is 58.3 Å². The smallest absolute Gasteiger partial charge is 0.334 e. The van der Waals surface area contributed by atoms with Crippen LogP contribution in [0.2, 0.25) is 0 Å².